The van der Waals surface area contributed by atoms with Gasteiger partial charge in [0.05, 0.1) is 46.8 Å². The number of methoxy groups -OCH3 is 1. The number of hydrogen-bond donors (Lipinski definition) is 2. The topological polar surface area (TPSA) is 168 Å². The molecule has 68 heavy (non-hydrogen) atoms. The first-order valence-electron chi connectivity index (χ1n) is 22.7. The summed E-state index contributed by atoms with van der Waals surface area (Å²) in [5.74, 6) is -0.341. The molecule has 15 heteroatoms. The molecule has 2 aliphatic heterocycles. The molecule has 5 aromatic rings. The number of esters is 1. The predicted molar refractivity (Wildman–Crippen MR) is 249 cm³/mol. The van der Waals surface area contributed by atoms with Gasteiger partial charge in [-0.05, 0) is 46.5 Å². The van der Waals surface area contributed by atoms with Crippen LogP contribution in [-0.4, -0.2) is 99.4 Å². The molecule has 2 N–H and O–H groups in total. The molecule has 2 amide bonds. The Bertz CT molecular complexity index is 2290. The Hall–Kier alpha value is -6.17. The van der Waals surface area contributed by atoms with E-state index in [2.05, 4.69) is 10.6 Å². The number of hydrogen-bond acceptors (Lipinski definition) is 13. The first-order valence-corrected chi connectivity index (χ1v) is 22.7. The highest BCUT2D eigenvalue weighted by Gasteiger charge is 2.55. The number of nitrogens with one attached hydrogen (secondary N) is 2. The number of benzene rings is 5. The van der Waals surface area contributed by atoms with E-state index in [0.717, 1.165) is 22.3 Å². The molecule has 0 aliphatic carbocycles. The maximum Gasteiger partial charge on any atom is 0.303 e. The first kappa shape index (κ1) is 49.7. The summed E-state index contributed by atoms with van der Waals surface area (Å²) in [6.45, 7) is 4.61. The zero-order valence-electron chi connectivity index (χ0n) is 38.7. The van der Waals surface area contributed by atoms with Crippen LogP contribution < -0.4 is 20.1 Å². The molecule has 2 aliphatic rings. The fraction of sp³-hybridized carbons (Fsp3) is 0.377. The maximum atomic E-state index is 13.3. The lowest BCUT2D eigenvalue weighted by atomic mass is 9.93. The Balaban J connectivity index is 1.29. The number of carbonyl (C=O) groups is 3. The maximum absolute atomic E-state index is 13.3. The van der Waals surface area contributed by atoms with Crippen LogP contribution in [-0.2, 0) is 78.7 Å². The highest BCUT2D eigenvalue weighted by molar-refractivity contribution is 5.74. The van der Waals surface area contributed by atoms with Crippen LogP contribution >= 0.6 is 0 Å². The van der Waals surface area contributed by atoms with E-state index in [1.807, 2.05) is 121 Å². The summed E-state index contributed by atoms with van der Waals surface area (Å²) >= 11 is 0. The third-order valence-electron chi connectivity index (χ3n) is 11.3. The van der Waals surface area contributed by atoms with Crippen LogP contribution in [0.25, 0.3) is 0 Å². The molecule has 360 valence electrons. The lowest BCUT2D eigenvalue weighted by Crippen LogP contribution is -2.70. The Morgan fingerprint density at radius 1 is 0.485 bits per heavy atom. The van der Waals surface area contributed by atoms with E-state index in [0.29, 0.717) is 11.5 Å². The first-order chi connectivity index (χ1) is 33.1. The van der Waals surface area contributed by atoms with Gasteiger partial charge in [0.2, 0.25) is 18.1 Å². The molecular weight excluding hydrogens is 873 g/mol. The van der Waals surface area contributed by atoms with Gasteiger partial charge in [0, 0.05) is 20.8 Å². The van der Waals surface area contributed by atoms with Gasteiger partial charge in [-0.3, -0.25) is 14.4 Å². The summed E-state index contributed by atoms with van der Waals surface area (Å²) in [5, 5.41) is 6.03. The van der Waals surface area contributed by atoms with Crippen molar-refractivity contribution in [3.05, 3.63) is 168 Å². The molecule has 0 spiro atoms. The largest absolute Gasteiger partial charge is 0.497 e. The fourth-order valence-electron chi connectivity index (χ4n) is 8.17. The van der Waals surface area contributed by atoms with Crippen molar-refractivity contribution in [1.29, 1.82) is 0 Å². The molecule has 5 aromatic carbocycles. The molecule has 0 aromatic heterocycles. The number of rotatable bonds is 22. The van der Waals surface area contributed by atoms with Crippen LogP contribution in [0.2, 0.25) is 0 Å². The normalized spacial score (nSPS) is 24.6. The molecule has 0 bridgehead atoms. The molecule has 15 nitrogen and oxygen atoms in total. The van der Waals surface area contributed by atoms with Crippen molar-refractivity contribution in [2.75, 3.05) is 20.3 Å². The molecule has 2 saturated heterocycles. The Morgan fingerprint density at radius 2 is 0.882 bits per heavy atom. The van der Waals surface area contributed by atoms with Gasteiger partial charge in [0.15, 0.2) is 12.4 Å². The highest BCUT2D eigenvalue weighted by Crippen LogP contribution is 2.35. The van der Waals surface area contributed by atoms with E-state index in [1.54, 1.807) is 31.4 Å². The summed E-state index contributed by atoms with van der Waals surface area (Å²) in [6, 6.07) is 43.2. The van der Waals surface area contributed by atoms with Gasteiger partial charge in [0.1, 0.15) is 54.1 Å². The zero-order valence-corrected chi connectivity index (χ0v) is 38.7. The summed E-state index contributed by atoms with van der Waals surface area (Å²) in [6.07, 6.45) is -8.58. The minimum absolute atomic E-state index is 0.0365. The molecule has 0 radical (unpaired) electrons. The summed E-state index contributed by atoms with van der Waals surface area (Å²) < 4.78 is 64.9. The van der Waals surface area contributed by atoms with E-state index in [4.69, 9.17) is 47.4 Å². The fourth-order valence-corrected chi connectivity index (χ4v) is 8.17. The molecule has 0 saturated carbocycles. The minimum atomic E-state index is -1.32. The van der Waals surface area contributed by atoms with Crippen molar-refractivity contribution in [2.45, 2.75) is 108 Å². The van der Waals surface area contributed by atoms with Crippen molar-refractivity contribution in [3.63, 3.8) is 0 Å². The van der Waals surface area contributed by atoms with Crippen LogP contribution in [0.5, 0.6) is 11.5 Å². The van der Waals surface area contributed by atoms with Crippen molar-refractivity contribution in [1.82, 2.24) is 10.6 Å². The van der Waals surface area contributed by atoms with Gasteiger partial charge >= 0.3 is 5.97 Å². The van der Waals surface area contributed by atoms with Gasteiger partial charge < -0.3 is 58.0 Å². The molecule has 2 fully saturated rings. The molecule has 2 heterocycles. The van der Waals surface area contributed by atoms with Crippen molar-refractivity contribution in [2.24, 2.45) is 0 Å². The summed E-state index contributed by atoms with van der Waals surface area (Å²) in [5.41, 5.74) is 3.53. The Labute approximate surface area is 397 Å². The second-order valence-corrected chi connectivity index (χ2v) is 16.5. The minimum Gasteiger partial charge on any atom is -0.497 e. The highest BCUT2D eigenvalue weighted by atomic mass is 16.7. The molecule has 10 atom stereocenters. The van der Waals surface area contributed by atoms with Crippen LogP contribution in [0.4, 0.5) is 0 Å². The molecule has 0 unspecified atom stereocenters. The van der Waals surface area contributed by atoms with E-state index >= 15 is 0 Å². The summed E-state index contributed by atoms with van der Waals surface area (Å²) in [4.78, 5) is 39.3. The van der Waals surface area contributed by atoms with E-state index < -0.39 is 73.2 Å². The van der Waals surface area contributed by atoms with Gasteiger partial charge in [-0.15, -0.1) is 0 Å². The lowest BCUT2D eigenvalue weighted by molar-refractivity contribution is -0.335. The van der Waals surface area contributed by atoms with E-state index in [1.165, 1.54) is 20.8 Å². The lowest BCUT2D eigenvalue weighted by Gasteiger charge is -2.50. The summed E-state index contributed by atoms with van der Waals surface area (Å²) in [7, 11) is 1.57. The molecular formula is C53H60N2O13. The van der Waals surface area contributed by atoms with Gasteiger partial charge in [0.25, 0.3) is 0 Å². The standard InChI is InChI=1S/C53H60N2O13/c1-35(56)54-46-51(63-32-41-23-15-8-16-24-41)49(45(34-61-30-39-19-11-6-12-20-39)66-52(46)65-43-27-25-42(59-4)26-28-43)68-53-47(55-36(2)57)50(62-31-40-21-13-7-14-22-40)48(64-37(3)58)44(67-53)33-60-29-38-17-9-5-10-18-38/h5-28,44-53H,29-34H2,1-4H3,(H,54,56)(H,55,57)/t44-,45-,46-,47-,48-,49-,50-,51-,52-,53+/m1/s1. The van der Waals surface area contributed by atoms with Crippen molar-refractivity contribution < 1.29 is 61.8 Å². The Morgan fingerprint density at radius 3 is 1.32 bits per heavy atom. The number of carbonyl (C=O) groups excluding carboxylic acids is 3. The smallest absolute Gasteiger partial charge is 0.303 e. The average Bonchev–Trinajstić information content (AvgIpc) is 3.34. The third kappa shape index (κ3) is 14.4. The molecule has 7 rings (SSSR count). The van der Waals surface area contributed by atoms with Crippen LogP contribution in [0.3, 0.4) is 0 Å². The van der Waals surface area contributed by atoms with Crippen molar-refractivity contribution in [3.8, 4) is 11.5 Å². The predicted octanol–water partition coefficient (Wildman–Crippen LogP) is 6.45. The van der Waals surface area contributed by atoms with Crippen LogP contribution in [0, 0.1) is 0 Å². The van der Waals surface area contributed by atoms with E-state index in [9.17, 15) is 14.4 Å². The number of ether oxygens (including phenoxy) is 10. The third-order valence-corrected chi connectivity index (χ3v) is 11.3. The quantitative estimate of drug-likeness (QED) is 0.0728. The van der Waals surface area contributed by atoms with Gasteiger partial charge in [-0.2, -0.15) is 0 Å². The van der Waals surface area contributed by atoms with Crippen molar-refractivity contribution >= 4 is 17.8 Å². The van der Waals surface area contributed by atoms with E-state index in [-0.39, 0.29) is 45.5 Å². The Kier molecular flexibility index (Phi) is 18.5. The monoisotopic (exact) mass is 932 g/mol. The SMILES string of the molecule is COc1ccc(O[C@@H]2O[C@H](COCc3ccccc3)[C@@H](O[C@@H]3O[C@H](COCc4ccccc4)[C@@H](OC(C)=O)[C@H](OCc4ccccc4)[C@H]3NC(C)=O)[C@H](OCc3ccccc3)[C@H]2NC(C)=O)cc1. The van der Waals surface area contributed by atoms with Crippen LogP contribution in [0.1, 0.15) is 43.0 Å². The number of amides is 2. The second-order valence-electron chi connectivity index (χ2n) is 16.5. The van der Waals surface area contributed by atoms with Crippen LogP contribution in [0.15, 0.2) is 146 Å². The van der Waals surface area contributed by atoms with Gasteiger partial charge in [-0.1, -0.05) is 121 Å². The average molecular weight is 933 g/mol. The second kappa shape index (κ2) is 25.3. The zero-order chi connectivity index (χ0) is 47.7. The van der Waals surface area contributed by atoms with Gasteiger partial charge in [-0.25, -0.2) is 0 Å².